The average Bonchev–Trinajstić information content (AvgIpc) is 2.64. The van der Waals surface area contributed by atoms with E-state index < -0.39 is 0 Å². The van der Waals surface area contributed by atoms with Crippen molar-refractivity contribution >= 4 is 0 Å². The van der Waals surface area contributed by atoms with Crippen LogP contribution in [-0.2, 0) is 9.47 Å². The zero-order valence-corrected chi connectivity index (χ0v) is 6.19. The zero-order chi connectivity index (χ0) is 7.26. The topological polar surface area (TPSA) is 18.5 Å². The Morgan fingerprint density at radius 1 is 1.36 bits per heavy atom. The van der Waals surface area contributed by atoms with Crippen molar-refractivity contribution in [3.63, 3.8) is 0 Å². The van der Waals surface area contributed by atoms with Crippen LogP contribution < -0.4 is 0 Å². The first-order valence-electron chi connectivity index (χ1n) is 4.06. The predicted molar refractivity (Wildman–Crippen MR) is 40.2 cm³/mol. The number of rotatable bonds is 0. The summed E-state index contributed by atoms with van der Waals surface area (Å²) in [4.78, 5) is 0. The largest absolute Gasteiger partial charge is 0.377 e. The fourth-order valence-corrected chi connectivity index (χ4v) is 2.10. The molecular formula is C9H10O2. The summed E-state index contributed by atoms with van der Waals surface area (Å²) in [5.74, 6) is 0.527. The van der Waals surface area contributed by atoms with Gasteiger partial charge in [0.1, 0.15) is 0 Å². The van der Waals surface area contributed by atoms with Gasteiger partial charge < -0.3 is 9.47 Å². The van der Waals surface area contributed by atoms with Crippen LogP contribution in [0.5, 0.6) is 0 Å². The van der Waals surface area contributed by atoms with Crippen LogP contribution in [0.1, 0.15) is 0 Å². The van der Waals surface area contributed by atoms with Gasteiger partial charge >= 0.3 is 0 Å². The number of hydrogen-bond donors (Lipinski definition) is 0. The first kappa shape index (κ1) is 5.98. The quantitative estimate of drug-likeness (QED) is 0.477. The average molecular weight is 150 g/mol. The SMILES string of the molecule is C1=CC2OC1C1=CCOCC12. The maximum atomic E-state index is 5.66. The number of hydrogen-bond acceptors (Lipinski definition) is 2. The van der Waals surface area contributed by atoms with Crippen LogP contribution in [0.2, 0.25) is 0 Å². The predicted octanol–water partition coefficient (Wildman–Crippen LogP) is 0.896. The molecule has 2 nitrogen and oxygen atoms in total. The lowest BCUT2D eigenvalue weighted by molar-refractivity contribution is 0.0717. The molecule has 3 unspecified atom stereocenters. The lowest BCUT2D eigenvalue weighted by Gasteiger charge is -2.22. The van der Waals surface area contributed by atoms with Crippen molar-refractivity contribution in [3.8, 4) is 0 Å². The molecule has 2 heteroatoms. The maximum Gasteiger partial charge on any atom is 0.0981 e. The van der Waals surface area contributed by atoms with Crippen LogP contribution in [0.3, 0.4) is 0 Å². The molecule has 3 heterocycles. The molecule has 0 aromatic rings. The highest BCUT2D eigenvalue weighted by Gasteiger charge is 2.42. The van der Waals surface area contributed by atoms with Crippen LogP contribution in [0.4, 0.5) is 0 Å². The van der Waals surface area contributed by atoms with E-state index >= 15 is 0 Å². The minimum atomic E-state index is 0.286. The van der Waals surface area contributed by atoms with E-state index in [9.17, 15) is 0 Å². The van der Waals surface area contributed by atoms with Gasteiger partial charge in [-0.25, -0.2) is 0 Å². The monoisotopic (exact) mass is 150 g/mol. The Morgan fingerprint density at radius 3 is 3.27 bits per heavy atom. The van der Waals surface area contributed by atoms with Gasteiger partial charge in [0, 0.05) is 5.92 Å². The van der Waals surface area contributed by atoms with E-state index in [1.807, 2.05) is 0 Å². The molecule has 0 aromatic carbocycles. The van der Waals surface area contributed by atoms with Crippen molar-refractivity contribution in [1.82, 2.24) is 0 Å². The standard InChI is InChI=1S/C9H10O2/c1-2-9-7-5-10-4-3-6(7)8(1)11-9/h1-3,7-9H,4-5H2. The molecule has 11 heavy (non-hydrogen) atoms. The smallest absolute Gasteiger partial charge is 0.0981 e. The second-order valence-electron chi connectivity index (χ2n) is 3.25. The molecule has 0 aromatic heterocycles. The zero-order valence-electron chi connectivity index (χ0n) is 6.19. The summed E-state index contributed by atoms with van der Waals surface area (Å²) in [5, 5.41) is 0. The maximum absolute atomic E-state index is 5.66. The van der Waals surface area contributed by atoms with Crippen LogP contribution in [0.15, 0.2) is 23.8 Å². The lowest BCUT2D eigenvalue weighted by Crippen LogP contribution is -2.25. The third-order valence-corrected chi connectivity index (χ3v) is 2.67. The molecule has 0 radical (unpaired) electrons. The fraction of sp³-hybridized carbons (Fsp3) is 0.556. The second kappa shape index (κ2) is 1.96. The lowest BCUT2D eigenvalue weighted by atomic mass is 9.88. The minimum Gasteiger partial charge on any atom is -0.377 e. The van der Waals surface area contributed by atoms with Crippen molar-refractivity contribution in [2.75, 3.05) is 13.2 Å². The van der Waals surface area contributed by atoms with Crippen molar-refractivity contribution in [2.24, 2.45) is 5.92 Å². The summed E-state index contributed by atoms with van der Waals surface area (Å²) in [6, 6.07) is 0. The van der Waals surface area contributed by atoms with E-state index in [0.29, 0.717) is 12.0 Å². The summed E-state index contributed by atoms with van der Waals surface area (Å²) < 4.78 is 11.0. The van der Waals surface area contributed by atoms with E-state index in [0.717, 1.165) is 13.2 Å². The molecular weight excluding hydrogens is 140 g/mol. The van der Waals surface area contributed by atoms with Crippen LogP contribution in [-0.4, -0.2) is 25.4 Å². The normalized spacial score (nSPS) is 45.8. The van der Waals surface area contributed by atoms with Crippen LogP contribution >= 0.6 is 0 Å². The first-order chi connectivity index (χ1) is 5.45. The molecule has 1 fully saturated rings. The summed E-state index contributed by atoms with van der Waals surface area (Å²) in [6.45, 7) is 1.61. The Hall–Kier alpha value is -0.600. The van der Waals surface area contributed by atoms with Gasteiger partial charge in [-0.05, 0) is 5.57 Å². The van der Waals surface area contributed by atoms with Gasteiger partial charge in [-0.3, -0.25) is 0 Å². The Kier molecular flexibility index (Phi) is 1.06. The molecule has 0 saturated carbocycles. The second-order valence-corrected chi connectivity index (χ2v) is 3.25. The van der Waals surface area contributed by atoms with Crippen molar-refractivity contribution in [1.29, 1.82) is 0 Å². The Bertz CT molecular complexity index is 242. The molecule has 0 N–H and O–H groups in total. The third-order valence-electron chi connectivity index (χ3n) is 2.67. The first-order valence-corrected chi connectivity index (χ1v) is 4.06. The molecule has 3 aliphatic rings. The molecule has 1 saturated heterocycles. The van der Waals surface area contributed by atoms with Gasteiger partial charge in [-0.1, -0.05) is 18.2 Å². The molecule has 0 spiro atoms. The van der Waals surface area contributed by atoms with E-state index in [1.165, 1.54) is 5.57 Å². The Labute approximate surface area is 65.5 Å². The minimum absolute atomic E-state index is 0.286. The van der Waals surface area contributed by atoms with E-state index in [4.69, 9.17) is 9.47 Å². The molecule has 0 amide bonds. The van der Waals surface area contributed by atoms with E-state index in [2.05, 4.69) is 18.2 Å². The van der Waals surface area contributed by atoms with Crippen LogP contribution in [0.25, 0.3) is 0 Å². The van der Waals surface area contributed by atoms with Gasteiger partial charge in [0.15, 0.2) is 0 Å². The van der Waals surface area contributed by atoms with Crippen molar-refractivity contribution < 1.29 is 9.47 Å². The van der Waals surface area contributed by atoms with Crippen molar-refractivity contribution in [3.05, 3.63) is 23.8 Å². The van der Waals surface area contributed by atoms with E-state index in [-0.39, 0.29) is 6.10 Å². The fourth-order valence-electron chi connectivity index (χ4n) is 2.10. The molecule has 0 aliphatic carbocycles. The Balaban J connectivity index is 2.04. The highest BCUT2D eigenvalue weighted by Crippen LogP contribution is 2.39. The number of fused-ring (bicyclic) bond motifs is 5. The molecule has 2 bridgehead atoms. The van der Waals surface area contributed by atoms with Gasteiger partial charge in [-0.2, -0.15) is 0 Å². The third kappa shape index (κ3) is 0.686. The Morgan fingerprint density at radius 2 is 2.36 bits per heavy atom. The molecule has 3 rings (SSSR count). The summed E-state index contributed by atoms with van der Waals surface area (Å²) in [6.07, 6.45) is 7.07. The molecule has 3 aliphatic heterocycles. The highest BCUT2D eigenvalue weighted by atomic mass is 16.5. The van der Waals surface area contributed by atoms with Gasteiger partial charge in [0.25, 0.3) is 0 Å². The van der Waals surface area contributed by atoms with E-state index in [1.54, 1.807) is 0 Å². The number of ether oxygens (including phenoxy) is 2. The summed E-state index contributed by atoms with van der Waals surface area (Å²) in [5.41, 5.74) is 1.45. The van der Waals surface area contributed by atoms with Gasteiger partial charge in [0.05, 0.1) is 25.4 Å². The van der Waals surface area contributed by atoms with Crippen molar-refractivity contribution in [2.45, 2.75) is 12.2 Å². The molecule has 3 atom stereocenters. The van der Waals surface area contributed by atoms with Gasteiger partial charge in [-0.15, -0.1) is 0 Å². The van der Waals surface area contributed by atoms with Crippen LogP contribution in [0, 0.1) is 5.92 Å². The summed E-state index contributed by atoms with van der Waals surface area (Å²) in [7, 11) is 0. The molecule has 58 valence electrons. The highest BCUT2D eigenvalue weighted by molar-refractivity contribution is 5.33. The van der Waals surface area contributed by atoms with Gasteiger partial charge in [0.2, 0.25) is 0 Å². The summed E-state index contributed by atoms with van der Waals surface area (Å²) >= 11 is 0.